The van der Waals surface area contributed by atoms with Crippen molar-refractivity contribution in [1.82, 2.24) is 10.1 Å². The predicted molar refractivity (Wildman–Crippen MR) is 74.3 cm³/mol. The lowest BCUT2D eigenvalue weighted by Crippen LogP contribution is -2.05. The molecule has 100 valence electrons. The summed E-state index contributed by atoms with van der Waals surface area (Å²) in [5.41, 5.74) is 7.30. The van der Waals surface area contributed by atoms with Crippen LogP contribution in [0.1, 0.15) is 24.8 Å². The molecule has 1 heterocycles. The summed E-state index contributed by atoms with van der Waals surface area (Å²) in [7, 11) is 1.67. The molecule has 0 radical (unpaired) electrons. The van der Waals surface area contributed by atoms with Gasteiger partial charge in [-0.05, 0) is 37.0 Å². The number of ether oxygens (including phenoxy) is 1. The van der Waals surface area contributed by atoms with Crippen LogP contribution in [0.4, 0.5) is 5.69 Å². The maximum absolute atomic E-state index is 5.95. The van der Waals surface area contributed by atoms with Crippen LogP contribution in [0.2, 0.25) is 0 Å². The minimum Gasteiger partial charge on any atom is -0.398 e. The Hall–Kier alpha value is -1.40. The van der Waals surface area contributed by atoms with Gasteiger partial charge in [0.25, 0.3) is 5.89 Å². The molecule has 0 saturated heterocycles. The maximum atomic E-state index is 5.95. The first-order valence-electron chi connectivity index (χ1n) is 6.11. The van der Waals surface area contributed by atoms with Gasteiger partial charge in [-0.3, -0.25) is 0 Å². The van der Waals surface area contributed by atoms with Crippen molar-refractivity contribution in [1.29, 1.82) is 0 Å². The van der Waals surface area contributed by atoms with E-state index in [1.54, 1.807) is 7.11 Å². The second-order valence-electron chi connectivity index (χ2n) is 4.68. The van der Waals surface area contributed by atoms with Crippen LogP contribution in [0.15, 0.2) is 27.2 Å². The topological polar surface area (TPSA) is 74.2 Å². The summed E-state index contributed by atoms with van der Waals surface area (Å²) in [4.78, 5) is 4.41. The van der Waals surface area contributed by atoms with Crippen LogP contribution in [0.5, 0.6) is 0 Å². The highest BCUT2D eigenvalue weighted by Crippen LogP contribution is 2.42. The second-order valence-corrected chi connectivity index (χ2v) is 5.60. The van der Waals surface area contributed by atoms with Gasteiger partial charge in [-0.1, -0.05) is 21.1 Å². The molecule has 3 rings (SSSR count). The monoisotopic (exact) mass is 323 g/mol. The third-order valence-corrected chi connectivity index (χ3v) is 3.74. The van der Waals surface area contributed by atoms with Crippen LogP contribution in [0.3, 0.4) is 0 Å². The summed E-state index contributed by atoms with van der Waals surface area (Å²) < 4.78 is 11.6. The molecule has 19 heavy (non-hydrogen) atoms. The number of nitrogens with zero attached hydrogens (tertiary/aromatic N) is 2. The molecule has 5 nitrogen and oxygen atoms in total. The van der Waals surface area contributed by atoms with E-state index >= 15 is 0 Å². The van der Waals surface area contributed by atoms with E-state index in [4.69, 9.17) is 15.0 Å². The summed E-state index contributed by atoms with van der Waals surface area (Å²) in [6, 6.07) is 5.56. The molecule has 1 aromatic carbocycles. The summed E-state index contributed by atoms with van der Waals surface area (Å²) in [5.74, 6) is 1.54. The molecule has 1 aliphatic carbocycles. The second kappa shape index (κ2) is 4.94. The van der Waals surface area contributed by atoms with Crippen LogP contribution < -0.4 is 5.73 Å². The van der Waals surface area contributed by atoms with E-state index < -0.39 is 0 Å². The minimum atomic E-state index is -0.0748. The first-order valence-corrected chi connectivity index (χ1v) is 6.90. The van der Waals surface area contributed by atoms with Gasteiger partial charge in [-0.2, -0.15) is 4.98 Å². The van der Waals surface area contributed by atoms with Gasteiger partial charge in [0.1, 0.15) is 6.10 Å². The van der Waals surface area contributed by atoms with Crippen molar-refractivity contribution in [3.63, 3.8) is 0 Å². The number of anilines is 1. The molecule has 6 heteroatoms. The van der Waals surface area contributed by atoms with Crippen molar-refractivity contribution in [2.45, 2.75) is 18.9 Å². The minimum absolute atomic E-state index is 0.0748. The average molecular weight is 324 g/mol. The molecule has 1 unspecified atom stereocenters. The van der Waals surface area contributed by atoms with Crippen LogP contribution in [-0.2, 0) is 4.74 Å². The number of hydrogen-bond donors (Lipinski definition) is 1. The Kier molecular flexibility index (Phi) is 3.28. The Morgan fingerprint density at radius 1 is 1.47 bits per heavy atom. The number of halogens is 1. The standard InChI is InChI=1S/C13H14BrN3O2/c1-18-11(7-2-3-7)12-16-13(19-17-12)9-5-4-8(14)6-10(9)15/h4-7,11H,2-3,15H2,1H3. The number of hydrogen-bond acceptors (Lipinski definition) is 5. The quantitative estimate of drug-likeness (QED) is 0.874. The molecule has 0 aliphatic heterocycles. The number of nitrogen functional groups attached to an aromatic ring is 1. The van der Waals surface area contributed by atoms with Crippen LogP contribution in [-0.4, -0.2) is 17.3 Å². The predicted octanol–water partition coefficient (Wildman–Crippen LogP) is 3.18. The molecule has 1 fully saturated rings. The Morgan fingerprint density at radius 2 is 2.26 bits per heavy atom. The zero-order valence-electron chi connectivity index (χ0n) is 10.5. The van der Waals surface area contributed by atoms with E-state index in [0.717, 1.165) is 22.9 Å². The van der Waals surface area contributed by atoms with Gasteiger partial charge >= 0.3 is 0 Å². The van der Waals surface area contributed by atoms with Gasteiger partial charge in [-0.25, -0.2) is 0 Å². The molecule has 1 saturated carbocycles. The van der Waals surface area contributed by atoms with Crippen molar-refractivity contribution < 1.29 is 9.26 Å². The highest BCUT2D eigenvalue weighted by Gasteiger charge is 2.35. The van der Waals surface area contributed by atoms with E-state index in [-0.39, 0.29) is 6.10 Å². The van der Waals surface area contributed by atoms with Gasteiger partial charge in [0.05, 0.1) is 5.56 Å². The van der Waals surface area contributed by atoms with Gasteiger partial charge in [0.2, 0.25) is 5.82 Å². The fraction of sp³-hybridized carbons (Fsp3) is 0.385. The third-order valence-electron chi connectivity index (χ3n) is 3.24. The smallest absolute Gasteiger partial charge is 0.260 e. The third kappa shape index (κ3) is 2.50. The molecule has 2 N–H and O–H groups in total. The number of benzene rings is 1. The molecule has 1 aromatic heterocycles. The van der Waals surface area contributed by atoms with E-state index in [9.17, 15) is 0 Å². The molecule has 0 bridgehead atoms. The van der Waals surface area contributed by atoms with Crippen LogP contribution in [0, 0.1) is 5.92 Å². The maximum Gasteiger partial charge on any atom is 0.260 e. The Morgan fingerprint density at radius 3 is 2.89 bits per heavy atom. The van der Waals surface area contributed by atoms with E-state index in [1.807, 2.05) is 18.2 Å². The lowest BCUT2D eigenvalue weighted by atomic mass is 10.2. The van der Waals surface area contributed by atoms with Crippen molar-refractivity contribution in [3.8, 4) is 11.5 Å². The zero-order valence-corrected chi connectivity index (χ0v) is 12.1. The fourth-order valence-electron chi connectivity index (χ4n) is 2.10. The van der Waals surface area contributed by atoms with Crippen LogP contribution >= 0.6 is 15.9 Å². The van der Waals surface area contributed by atoms with E-state index in [0.29, 0.717) is 23.3 Å². The number of nitrogens with two attached hydrogens (primary N) is 1. The first kappa shape index (κ1) is 12.6. The normalized spacial score (nSPS) is 16.5. The highest BCUT2D eigenvalue weighted by molar-refractivity contribution is 9.10. The Labute approximate surface area is 119 Å². The molecule has 2 aromatic rings. The van der Waals surface area contributed by atoms with Crippen molar-refractivity contribution in [2.75, 3.05) is 12.8 Å². The summed E-state index contributed by atoms with van der Waals surface area (Å²) in [5, 5.41) is 4.01. The fourth-order valence-corrected chi connectivity index (χ4v) is 2.47. The average Bonchev–Trinajstić information content (AvgIpc) is 3.09. The summed E-state index contributed by atoms with van der Waals surface area (Å²) >= 11 is 3.37. The largest absolute Gasteiger partial charge is 0.398 e. The Balaban J connectivity index is 1.91. The van der Waals surface area contributed by atoms with Crippen molar-refractivity contribution in [2.24, 2.45) is 5.92 Å². The summed E-state index contributed by atoms with van der Waals surface area (Å²) in [6.07, 6.45) is 2.24. The van der Waals surface area contributed by atoms with Crippen LogP contribution in [0.25, 0.3) is 11.5 Å². The van der Waals surface area contributed by atoms with Gasteiger partial charge in [0.15, 0.2) is 0 Å². The molecule has 1 aliphatic rings. The zero-order chi connectivity index (χ0) is 13.4. The van der Waals surface area contributed by atoms with E-state index in [2.05, 4.69) is 26.1 Å². The molecule has 1 atom stereocenters. The molecular formula is C13H14BrN3O2. The first-order chi connectivity index (χ1) is 9.19. The summed E-state index contributed by atoms with van der Waals surface area (Å²) in [6.45, 7) is 0. The lowest BCUT2D eigenvalue weighted by Gasteiger charge is -2.08. The van der Waals surface area contributed by atoms with E-state index in [1.165, 1.54) is 0 Å². The molecule has 0 spiro atoms. The number of methoxy groups -OCH3 is 1. The van der Waals surface area contributed by atoms with Gasteiger partial charge < -0.3 is 15.0 Å². The Bertz CT molecular complexity index is 595. The molecular weight excluding hydrogens is 310 g/mol. The lowest BCUT2D eigenvalue weighted by molar-refractivity contribution is 0.0751. The molecule has 0 amide bonds. The van der Waals surface area contributed by atoms with Gasteiger partial charge in [0, 0.05) is 17.3 Å². The highest BCUT2D eigenvalue weighted by atomic mass is 79.9. The van der Waals surface area contributed by atoms with Crippen molar-refractivity contribution in [3.05, 3.63) is 28.5 Å². The number of rotatable bonds is 4. The van der Waals surface area contributed by atoms with Gasteiger partial charge in [-0.15, -0.1) is 0 Å². The van der Waals surface area contributed by atoms with Crippen molar-refractivity contribution >= 4 is 21.6 Å². The number of aromatic nitrogens is 2. The SMILES string of the molecule is COC(c1noc(-c2ccc(Br)cc2N)n1)C1CC1.